The molecule has 1 amide bonds. The summed E-state index contributed by atoms with van der Waals surface area (Å²) in [6.07, 6.45) is 0.944. The summed E-state index contributed by atoms with van der Waals surface area (Å²) in [4.78, 5) is 37.6. The summed E-state index contributed by atoms with van der Waals surface area (Å²) in [5, 5.41) is 3.32. The molecule has 232 valence electrons. The maximum Gasteiger partial charge on any atom is 0.412 e. The van der Waals surface area contributed by atoms with Crippen molar-refractivity contribution in [2.45, 2.75) is 33.0 Å². The van der Waals surface area contributed by atoms with Crippen molar-refractivity contribution in [1.29, 1.82) is 0 Å². The number of morpholine rings is 1. The third-order valence-electron chi connectivity index (χ3n) is 7.18. The van der Waals surface area contributed by atoms with E-state index in [-0.39, 0.29) is 5.43 Å². The quantitative estimate of drug-likeness (QED) is 0.214. The number of aromatic nitrogens is 2. The molecule has 11 nitrogen and oxygen atoms in total. The minimum atomic E-state index is -0.659. The monoisotopic (exact) mass is 610 g/mol. The molecule has 0 bridgehead atoms. The summed E-state index contributed by atoms with van der Waals surface area (Å²) in [7, 11) is 1.63. The van der Waals surface area contributed by atoms with Gasteiger partial charge in [0.25, 0.3) is 0 Å². The first kappa shape index (κ1) is 29.9. The average Bonchev–Trinajstić information content (AvgIpc) is 3.03. The van der Waals surface area contributed by atoms with E-state index in [0.29, 0.717) is 77.8 Å². The Kier molecular flexibility index (Phi) is 8.27. The number of methoxy groups -OCH3 is 1. The number of anilines is 2. The average molecular weight is 611 g/mol. The van der Waals surface area contributed by atoms with E-state index in [0.717, 1.165) is 17.0 Å². The minimum Gasteiger partial charge on any atom is -0.497 e. The third kappa shape index (κ3) is 6.83. The van der Waals surface area contributed by atoms with Crippen LogP contribution < -0.4 is 25.1 Å². The Morgan fingerprint density at radius 3 is 2.51 bits per heavy atom. The van der Waals surface area contributed by atoms with E-state index in [1.54, 1.807) is 58.3 Å². The highest BCUT2D eigenvalue weighted by atomic mass is 16.6. The van der Waals surface area contributed by atoms with Crippen LogP contribution in [-0.4, -0.2) is 55.1 Å². The Labute approximate surface area is 259 Å². The van der Waals surface area contributed by atoms with Crippen LogP contribution in [0.1, 0.15) is 26.3 Å². The Morgan fingerprint density at radius 2 is 1.78 bits per heavy atom. The molecule has 6 rings (SSSR count). The van der Waals surface area contributed by atoms with Gasteiger partial charge in [0.2, 0.25) is 11.3 Å². The Morgan fingerprint density at radius 1 is 1.00 bits per heavy atom. The van der Waals surface area contributed by atoms with E-state index in [1.807, 2.05) is 36.4 Å². The molecule has 11 heteroatoms. The maximum absolute atomic E-state index is 13.7. The molecular formula is C34H34N4O7. The van der Waals surface area contributed by atoms with Gasteiger partial charge in [0.15, 0.2) is 5.58 Å². The van der Waals surface area contributed by atoms with Gasteiger partial charge < -0.3 is 28.3 Å². The number of carbonyl (C=O) groups excluding carboxylic acids is 1. The fourth-order valence-electron chi connectivity index (χ4n) is 5.03. The van der Waals surface area contributed by atoms with Crippen LogP contribution in [0.2, 0.25) is 0 Å². The molecule has 0 unspecified atom stereocenters. The van der Waals surface area contributed by atoms with Gasteiger partial charge in [-0.2, -0.15) is 0 Å². The largest absolute Gasteiger partial charge is 0.497 e. The molecule has 0 atom stereocenters. The van der Waals surface area contributed by atoms with Crippen LogP contribution in [0.25, 0.3) is 33.3 Å². The van der Waals surface area contributed by atoms with E-state index in [2.05, 4.69) is 15.2 Å². The van der Waals surface area contributed by atoms with Crippen molar-refractivity contribution >= 4 is 39.4 Å². The van der Waals surface area contributed by atoms with Gasteiger partial charge in [-0.15, -0.1) is 0 Å². The smallest absolute Gasteiger partial charge is 0.412 e. The standard InChI is InChI=1S/C34H34N4O7/c1-34(2,3)45-33(40)36-22-7-10-28-26(17-22)31(39)25-11-12-35-30(32(25)44-28)27-18-23(38-13-15-42-16-14-38)19-29(37-27)43-20-21-5-8-24(41-4)9-6-21/h5-12,17-19H,13-16,20H2,1-4H3,(H,36,40). The molecule has 1 aliphatic heterocycles. The van der Waals surface area contributed by atoms with Crippen LogP contribution in [0, 0.1) is 0 Å². The highest BCUT2D eigenvalue weighted by Gasteiger charge is 2.20. The number of rotatable bonds is 7. The molecule has 0 spiro atoms. The molecule has 1 fully saturated rings. The van der Waals surface area contributed by atoms with Gasteiger partial charge in [0, 0.05) is 36.7 Å². The Bertz CT molecular complexity index is 1910. The molecule has 5 aromatic rings. The minimum absolute atomic E-state index is 0.261. The molecule has 2 aromatic carbocycles. The number of fused-ring (bicyclic) bond motifs is 2. The molecule has 4 heterocycles. The molecule has 1 N–H and O–H groups in total. The molecule has 45 heavy (non-hydrogen) atoms. The van der Waals surface area contributed by atoms with Gasteiger partial charge in [0.1, 0.15) is 29.2 Å². The number of nitrogens with one attached hydrogen (secondary N) is 1. The molecule has 0 radical (unpaired) electrons. The first-order valence-corrected chi connectivity index (χ1v) is 14.6. The number of benzene rings is 2. The second kappa shape index (κ2) is 12.4. The van der Waals surface area contributed by atoms with Crippen LogP contribution in [-0.2, 0) is 16.1 Å². The van der Waals surface area contributed by atoms with Crippen LogP contribution >= 0.6 is 0 Å². The van der Waals surface area contributed by atoms with Crippen molar-refractivity contribution < 1.29 is 28.2 Å². The number of nitrogens with zero attached hydrogens (tertiary/aromatic N) is 3. The first-order chi connectivity index (χ1) is 21.7. The lowest BCUT2D eigenvalue weighted by molar-refractivity contribution is 0.0636. The maximum atomic E-state index is 13.7. The Balaban J connectivity index is 1.38. The molecule has 0 saturated carbocycles. The van der Waals surface area contributed by atoms with E-state index in [1.165, 1.54) is 0 Å². The van der Waals surface area contributed by atoms with Crippen molar-refractivity contribution in [2.75, 3.05) is 43.6 Å². The molecular weight excluding hydrogens is 576 g/mol. The fourth-order valence-corrected chi connectivity index (χ4v) is 5.03. The fraction of sp³-hybridized carbons (Fsp3) is 0.294. The number of pyridine rings is 2. The molecule has 0 aliphatic carbocycles. The lowest BCUT2D eigenvalue weighted by atomic mass is 10.1. The van der Waals surface area contributed by atoms with Crippen molar-refractivity contribution in [3.05, 3.63) is 82.6 Å². The van der Waals surface area contributed by atoms with Gasteiger partial charge in [-0.3, -0.25) is 15.1 Å². The van der Waals surface area contributed by atoms with Crippen LogP contribution in [0.4, 0.5) is 16.2 Å². The summed E-state index contributed by atoms with van der Waals surface area (Å²) < 4.78 is 28.6. The van der Waals surface area contributed by atoms with Crippen molar-refractivity contribution in [2.24, 2.45) is 0 Å². The van der Waals surface area contributed by atoms with Crippen LogP contribution in [0.3, 0.4) is 0 Å². The van der Waals surface area contributed by atoms with E-state index >= 15 is 0 Å². The summed E-state index contributed by atoms with van der Waals surface area (Å²) in [6.45, 7) is 8.27. The molecule has 1 aliphatic rings. The zero-order chi connectivity index (χ0) is 31.6. The lowest BCUT2D eigenvalue weighted by Crippen LogP contribution is -2.36. The summed E-state index contributed by atoms with van der Waals surface area (Å²) in [5.74, 6) is 1.17. The number of ether oxygens (including phenoxy) is 4. The molecule has 3 aromatic heterocycles. The van der Waals surface area contributed by atoms with Crippen molar-refractivity contribution in [3.63, 3.8) is 0 Å². The van der Waals surface area contributed by atoms with E-state index in [9.17, 15) is 9.59 Å². The second-order valence-electron chi connectivity index (χ2n) is 11.6. The highest BCUT2D eigenvalue weighted by Crippen LogP contribution is 2.32. The highest BCUT2D eigenvalue weighted by molar-refractivity contribution is 5.97. The third-order valence-corrected chi connectivity index (χ3v) is 7.18. The van der Waals surface area contributed by atoms with Crippen LogP contribution in [0.5, 0.6) is 11.6 Å². The second-order valence-corrected chi connectivity index (χ2v) is 11.6. The predicted octanol–water partition coefficient (Wildman–Crippen LogP) is 6.17. The Hall–Kier alpha value is -5.16. The van der Waals surface area contributed by atoms with Crippen molar-refractivity contribution in [1.82, 2.24) is 9.97 Å². The normalized spacial score (nSPS) is 13.6. The van der Waals surface area contributed by atoms with Gasteiger partial charge >= 0.3 is 6.09 Å². The topological polar surface area (TPSA) is 125 Å². The van der Waals surface area contributed by atoms with Crippen molar-refractivity contribution in [3.8, 4) is 23.0 Å². The van der Waals surface area contributed by atoms with Gasteiger partial charge in [-0.25, -0.2) is 9.78 Å². The summed E-state index contributed by atoms with van der Waals surface area (Å²) >= 11 is 0. The van der Waals surface area contributed by atoms with Crippen LogP contribution in [0.15, 0.2) is 76.1 Å². The lowest BCUT2D eigenvalue weighted by Gasteiger charge is -2.29. The SMILES string of the molecule is COc1ccc(COc2cc(N3CCOCC3)cc(-c3nccc4c(=O)c5cc(NC(=O)OC(C)(C)C)ccc5oc34)n2)cc1. The van der Waals surface area contributed by atoms with E-state index < -0.39 is 11.7 Å². The summed E-state index contributed by atoms with van der Waals surface area (Å²) in [6, 6.07) is 17.9. The summed E-state index contributed by atoms with van der Waals surface area (Å²) in [5.41, 5.74) is 2.90. The first-order valence-electron chi connectivity index (χ1n) is 14.6. The zero-order valence-electron chi connectivity index (χ0n) is 25.6. The number of hydrogen-bond donors (Lipinski definition) is 1. The number of carbonyl (C=O) groups is 1. The number of amides is 1. The van der Waals surface area contributed by atoms with Gasteiger partial charge in [0.05, 0.1) is 36.8 Å². The van der Waals surface area contributed by atoms with E-state index in [4.69, 9.17) is 28.3 Å². The van der Waals surface area contributed by atoms with Gasteiger partial charge in [-0.1, -0.05) is 12.1 Å². The number of hydrogen-bond acceptors (Lipinski definition) is 10. The molecule has 1 saturated heterocycles. The predicted molar refractivity (Wildman–Crippen MR) is 171 cm³/mol. The van der Waals surface area contributed by atoms with Gasteiger partial charge in [-0.05, 0) is 68.8 Å². The zero-order valence-corrected chi connectivity index (χ0v) is 25.6.